The predicted octanol–water partition coefficient (Wildman–Crippen LogP) is 1.54. The Balaban J connectivity index is 1.71. The van der Waals surface area contributed by atoms with Gasteiger partial charge in [-0.05, 0) is 44.0 Å². The lowest BCUT2D eigenvalue weighted by molar-refractivity contribution is 0.548. The number of rotatable bonds is 4. The molecule has 1 saturated heterocycles. The Labute approximate surface area is 94.4 Å². The van der Waals surface area contributed by atoms with Crippen molar-refractivity contribution in [3.05, 3.63) is 17.3 Å². The monoisotopic (exact) mass is 226 g/mol. The SMILES string of the molecule is Clc1ccc(NCCC2CCNC2)nn1. The Morgan fingerprint density at radius 2 is 2.40 bits per heavy atom. The van der Waals surface area contributed by atoms with Gasteiger partial charge in [-0.15, -0.1) is 10.2 Å². The Morgan fingerprint density at radius 3 is 3.07 bits per heavy atom. The molecule has 0 aromatic carbocycles. The smallest absolute Gasteiger partial charge is 0.151 e. The summed E-state index contributed by atoms with van der Waals surface area (Å²) in [7, 11) is 0. The molecule has 2 N–H and O–H groups in total. The summed E-state index contributed by atoms with van der Waals surface area (Å²) in [5.74, 6) is 1.60. The van der Waals surface area contributed by atoms with Gasteiger partial charge in [-0.2, -0.15) is 0 Å². The molecule has 0 spiro atoms. The van der Waals surface area contributed by atoms with Crippen molar-refractivity contribution in [1.82, 2.24) is 15.5 Å². The third kappa shape index (κ3) is 3.32. The van der Waals surface area contributed by atoms with E-state index in [0.29, 0.717) is 5.15 Å². The van der Waals surface area contributed by atoms with Gasteiger partial charge in [-0.1, -0.05) is 11.6 Å². The van der Waals surface area contributed by atoms with Crippen LogP contribution in [0.2, 0.25) is 5.15 Å². The first kappa shape index (κ1) is 10.6. The highest BCUT2D eigenvalue weighted by Gasteiger charge is 2.13. The molecule has 2 rings (SSSR count). The molecule has 0 bridgehead atoms. The van der Waals surface area contributed by atoms with E-state index in [0.717, 1.165) is 31.4 Å². The van der Waals surface area contributed by atoms with Crippen LogP contribution in [0.15, 0.2) is 12.1 Å². The molecule has 82 valence electrons. The number of nitrogens with zero attached hydrogens (tertiary/aromatic N) is 2. The van der Waals surface area contributed by atoms with Crippen molar-refractivity contribution < 1.29 is 0 Å². The van der Waals surface area contributed by atoms with Gasteiger partial charge < -0.3 is 10.6 Å². The highest BCUT2D eigenvalue weighted by Crippen LogP contribution is 2.12. The third-order valence-electron chi connectivity index (χ3n) is 2.65. The molecule has 2 heterocycles. The molecule has 0 saturated carbocycles. The van der Waals surface area contributed by atoms with Gasteiger partial charge in [0.15, 0.2) is 5.15 Å². The average molecular weight is 227 g/mol. The molecule has 0 radical (unpaired) electrons. The molecule has 0 aliphatic carbocycles. The number of nitrogens with one attached hydrogen (secondary N) is 2. The van der Waals surface area contributed by atoms with Crippen LogP contribution in [-0.2, 0) is 0 Å². The first-order valence-corrected chi connectivity index (χ1v) is 5.66. The zero-order chi connectivity index (χ0) is 10.5. The van der Waals surface area contributed by atoms with Crippen molar-refractivity contribution in [2.75, 3.05) is 25.0 Å². The zero-order valence-corrected chi connectivity index (χ0v) is 9.30. The van der Waals surface area contributed by atoms with Crippen molar-refractivity contribution in [1.29, 1.82) is 0 Å². The second kappa shape index (κ2) is 5.28. The molecule has 1 aliphatic rings. The van der Waals surface area contributed by atoms with Gasteiger partial charge in [-0.3, -0.25) is 0 Å². The molecule has 4 nitrogen and oxygen atoms in total. The molecule has 5 heteroatoms. The van der Waals surface area contributed by atoms with Crippen molar-refractivity contribution in [2.24, 2.45) is 5.92 Å². The number of hydrogen-bond acceptors (Lipinski definition) is 4. The summed E-state index contributed by atoms with van der Waals surface area (Å²) in [6.07, 6.45) is 2.46. The first-order valence-electron chi connectivity index (χ1n) is 5.28. The van der Waals surface area contributed by atoms with Crippen LogP contribution in [0.25, 0.3) is 0 Å². The van der Waals surface area contributed by atoms with E-state index in [9.17, 15) is 0 Å². The van der Waals surface area contributed by atoms with Crippen LogP contribution >= 0.6 is 11.6 Å². The second-order valence-electron chi connectivity index (χ2n) is 3.82. The zero-order valence-electron chi connectivity index (χ0n) is 8.54. The minimum absolute atomic E-state index is 0.431. The lowest BCUT2D eigenvalue weighted by Gasteiger charge is -2.08. The van der Waals surface area contributed by atoms with Crippen molar-refractivity contribution in [2.45, 2.75) is 12.8 Å². The summed E-state index contributed by atoms with van der Waals surface area (Å²) in [5, 5.41) is 14.7. The van der Waals surface area contributed by atoms with Crippen LogP contribution in [-0.4, -0.2) is 29.8 Å². The van der Waals surface area contributed by atoms with E-state index in [1.54, 1.807) is 6.07 Å². The molecule has 0 amide bonds. The number of hydrogen-bond donors (Lipinski definition) is 2. The maximum absolute atomic E-state index is 5.64. The maximum Gasteiger partial charge on any atom is 0.151 e. The minimum Gasteiger partial charge on any atom is -0.369 e. The topological polar surface area (TPSA) is 49.8 Å². The minimum atomic E-state index is 0.431. The molecule has 1 fully saturated rings. The van der Waals surface area contributed by atoms with Gasteiger partial charge in [0.2, 0.25) is 0 Å². The largest absolute Gasteiger partial charge is 0.369 e. The average Bonchev–Trinajstić information content (AvgIpc) is 2.74. The Morgan fingerprint density at radius 1 is 1.47 bits per heavy atom. The predicted molar refractivity (Wildman–Crippen MR) is 61.1 cm³/mol. The van der Waals surface area contributed by atoms with Gasteiger partial charge in [0.05, 0.1) is 0 Å². The van der Waals surface area contributed by atoms with E-state index in [2.05, 4.69) is 20.8 Å². The van der Waals surface area contributed by atoms with Gasteiger partial charge >= 0.3 is 0 Å². The van der Waals surface area contributed by atoms with Crippen LogP contribution in [0, 0.1) is 5.92 Å². The van der Waals surface area contributed by atoms with Gasteiger partial charge in [0, 0.05) is 6.54 Å². The van der Waals surface area contributed by atoms with E-state index in [1.165, 1.54) is 12.8 Å². The Bertz CT molecular complexity index is 295. The molecule has 1 aromatic rings. The highest BCUT2D eigenvalue weighted by molar-refractivity contribution is 6.29. The van der Waals surface area contributed by atoms with Crippen LogP contribution in [0.1, 0.15) is 12.8 Å². The third-order valence-corrected chi connectivity index (χ3v) is 2.85. The fourth-order valence-corrected chi connectivity index (χ4v) is 1.88. The first-order chi connectivity index (χ1) is 7.34. The fraction of sp³-hybridized carbons (Fsp3) is 0.600. The summed E-state index contributed by atoms with van der Waals surface area (Å²) >= 11 is 5.64. The van der Waals surface area contributed by atoms with Crippen LogP contribution in [0.5, 0.6) is 0 Å². The summed E-state index contributed by atoms with van der Waals surface area (Å²) < 4.78 is 0. The number of anilines is 1. The molecular formula is C10H15ClN4. The summed E-state index contributed by atoms with van der Waals surface area (Å²) in [6, 6.07) is 3.59. The van der Waals surface area contributed by atoms with Crippen LogP contribution < -0.4 is 10.6 Å². The van der Waals surface area contributed by atoms with Crippen molar-refractivity contribution in [3.63, 3.8) is 0 Å². The van der Waals surface area contributed by atoms with Gasteiger partial charge in [0.25, 0.3) is 0 Å². The molecule has 1 atom stereocenters. The summed E-state index contributed by atoms with van der Waals surface area (Å²) in [6.45, 7) is 3.25. The van der Waals surface area contributed by atoms with Crippen LogP contribution in [0.4, 0.5) is 5.82 Å². The van der Waals surface area contributed by atoms with E-state index in [4.69, 9.17) is 11.6 Å². The Hall–Kier alpha value is -0.870. The van der Waals surface area contributed by atoms with Crippen molar-refractivity contribution in [3.8, 4) is 0 Å². The lowest BCUT2D eigenvalue weighted by Crippen LogP contribution is -2.13. The number of halogens is 1. The maximum atomic E-state index is 5.64. The van der Waals surface area contributed by atoms with E-state index < -0.39 is 0 Å². The molecule has 1 aliphatic heterocycles. The molecule has 1 unspecified atom stereocenters. The van der Waals surface area contributed by atoms with Crippen molar-refractivity contribution >= 4 is 17.4 Å². The quantitative estimate of drug-likeness (QED) is 0.818. The van der Waals surface area contributed by atoms with E-state index >= 15 is 0 Å². The normalized spacial score (nSPS) is 20.5. The summed E-state index contributed by atoms with van der Waals surface area (Å²) in [4.78, 5) is 0. The summed E-state index contributed by atoms with van der Waals surface area (Å²) in [5.41, 5.74) is 0. The molecule has 15 heavy (non-hydrogen) atoms. The van der Waals surface area contributed by atoms with Crippen LogP contribution in [0.3, 0.4) is 0 Å². The Kier molecular flexibility index (Phi) is 3.75. The van der Waals surface area contributed by atoms with Gasteiger partial charge in [0.1, 0.15) is 5.82 Å². The fourth-order valence-electron chi connectivity index (χ4n) is 1.78. The standard InChI is InChI=1S/C10H15ClN4/c11-9-1-2-10(15-14-9)13-6-4-8-3-5-12-7-8/h1-2,8,12H,3-7H2,(H,13,15). The van der Waals surface area contributed by atoms with E-state index in [-0.39, 0.29) is 0 Å². The molecule has 1 aromatic heterocycles. The second-order valence-corrected chi connectivity index (χ2v) is 4.20. The highest BCUT2D eigenvalue weighted by atomic mass is 35.5. The number of aromatic nitrogens is 2. The molecular weight excluding hydrogens is 212 g/mol. The van der Waals surface area contributed by atoms with E-state index in [1.807, 2.05) is 6.07 Å². The van der Waals surface area contributed by atoms with Gasteiger partial charge in [-0.25, -0.2) is 0 Å². The lowest BCUT2D eigenvalue weighted by atomic mass is 10.1.